The highest BCUT2D eigenvalue weighted by Crippen LogP contribution is 2.25. The molecular weight excluding hydrogens is 466 g/mol. The van der Waals surface area contributed by atoms with Crippen LogP contribution < -0.4 is 10.6 Å². The molecule has 35 heavy (non-hydrogen) atoms. The number of hydrogen-bond acceptors (Lipinski definition) is 5. The van der Waals surface area contributed by atoms with Crippen LogP contribution in [0.3, 0.4) is 0 Å². The third-order valence-electron chi connectivity index (χ3n) is 5.59. The van der Waals surface area contributed by atoms with Gasteiger partial charge in [0.2, 0.25) is 0 Å². The average molecular weight is 494 g/mol. The fourth-order valence-electron chi connectivity index (χ4n) is 3.74. The fourth-order valence-corrected chi connectivity index (χ4v) is 3.93. The highest BCUT2D eigenvalue weighted by atomic mass is 35.5. The molecule has 7 nitrogen and oxygen atoms in total. The van der Waals surface area contributed by atoms with Crippen molar-refractivity contribution in [2.45, 2.75) is 6.42 Å². The van der Waals surface area contributed by atoms with Crippen LogP contribution in [0.5, 0.6) is 0 Å². The van der Waals surface area contributed by atoms with Crippen LogP contribution in [0.1, 0.15) is 22.5 Å². The van der Waals surface area contributed by atoms with Gasteiger partial charge in [0.05, 0.1) is 13.2 Å². The summed E-state index contributed by atoms with van der Waals surface area (Å²) in [6.45, 7) is 4.65. The molecule has 1 aliphatic heterocycles. The molecule has 0 unspecified atom stereocenters. The molecular formula is C27H28ClN3O4. The number of benzene rings is 2. The minimum atomic E-state index is -0.378. The van der Waals surface area contributed by atoms with Gasteiger partial charge in [0.25, 0.3) is 11.8 Å². The maximum absolute atomic E-state index is 13.0. The predicted molar refractivity (Wildman–Crippen MR) is 136 cm³/mol. The summed E-state index contributed by atoms with van der Waals surface area (Å²) in [4.78, 5) is 28.1. The molecule has 2 aromatic carbocycles. The van der Waals surface area contributed by atoms with E-state index in [1.165, 1.54) is 6.08 Å². The van der Waals surface area contributed by atoms with Crippen molar-refractivity contribution in [3.05, 3.63) is 88.8 Å². The minimum Gasteiger partial charge on any atom is -0.457 e. The van der Waals surface area contributed by atoms with E-state index in [-0.39, 0.29) is 17.5 Å². The number of hydrogen-bond donors (Lipinski definition) is 2. The Morgan fingerprint density at radius 2 is 1.80 bits per heavy atom. The van der Waals surface area contributed by atoms with Crippen molar-refractivity contribution in [3.8, 4) is 11.3 Å². The second kappa shape index (κ2) is 12.4. The van der Waals surface area contributed by atoms with Crippen molar-refractivity contribution in [1.29, 1.82) is 0 Å². The zero-order chi connectivity index (χ0) is 24.5. The largest absolute Gasteiger partial charge is 0.457 e. The summed E-state index contributed by atoms with van der Waals surface area (Å²) in [5.41, 5.74) is 1.38. The highest BCUT2D eigenvalue weighted by molar-refractivity contribution is 6.30. The van der Waals surface area contributed by atoms with E-state index in [2.05, 4.69) is 15.5 Å². The Hall–Kier alpha value is -3.39. The molecule has 0 aliphatic carbocycles. The summed E-state index contributed by atoms with van der Waals surface area (Å²) in [6, 6.07) is 19.6. The molecule has 0 radical (unpaired) electrons. The number of rotatable bonds is 9. The van der Waals surface area contributed by atoms with E-state index in [4.69, 9.17) is 20.8 Å². The summed E-state index contributed by atoms with van der Waals surface area (Å²) >= 11 is 6.09. The molecule has 0 saturated carbocycles. The van der Waals surface area contributed by atoms with Crippen molar-refractivity contribution in [2.24, 2.45) is 0 Å². The van der Waals surface area contributed by atoms with Crippen molar-refractivity contribution in [2.75, 3.05) is 39.4 Å². The second-order valence-corrected chi connectivity index (χ2v) is 8.59. The Kier molecular flexibility index (Phi) is 8.73. The number of nitrogens with one attached hydrogen (secondary N) is 2. The van der Waals surface area contributed by atoms with Crippen LogP contribution >= 0.6 is 11.6 Å². The normalized spacial score (nSPS) is 14.5. The summed E-state index contributed by atoms with van der Waals surface area (Å²) in [5.74, 6) is 0.295. The molecule has 0 bridgehead atoms. The van der Waals surface area contributed by atoms with Crippen LogP contribution in [0.25, 0.3) is 17.4 Å². The standard InChI is InChI=1S/C27H28ClN3O4/c28-22-9-4-8-21(18-22)25-11-10-23(35-25)19-24(30-26(32)20-6-2-1-3-7-20)27(33)29-12-5-13-31-14-16-34-17-15-31/h1-4,6-11,18-19H,5,12-17H2,(H,29,33)(H,30,32)/b24-19-. The third kappa shape index (κ3) is 7.29. The van der Waals surface area contributed by atoms with Gasteiger partial charge in [0, 0.05) is 41.9 Å². The number of carbonyl (C=O) groups excluding carboxylic acids is 2. The molecule has 1 aliphatic rings. The summed E-state index contributed by atoms with van der Waals surface area (Å²) < 4.78 is 11.3. The van der Waals surface area contributed by atoms with Gasteiger partial charge in [0.1, 0.15) is 17.2 Å². The lowest BCUT2D eigenvalue weighted by atomic mass is 10.2. The molecule has 2 heterocycles. The molecule has 0 spiro atoms. The predicted octanol–water partition coefficient (Wildman–Crippen LogP) is 4.21. The molecule has 1 saturated heterocycles. The van der Waals surface area contributed by atoms with Crippen LogP contribution in [0, 0.1) is 0 Å². The van der Waals surface area contributed by atoms with Gasteiger partial charge in [-0.2, -0.15) is 0 Å². The summed E-state index contributed by atoms with van der Waals surface area (Å²) in [5, 5.41) is 6.24. The van der Waals surface area contributed by atoms with E-state index < -0.39 is 0 Å². The monoisotopic (exact) mass is 493 g/mol. The van der Waals surface area contributed by atoms with Gasteiger partial charge < -0.3 is 19.8 Å². The molecule has 8 heteroatoms. The number of ether oxygens (including phenoxy) is 1. The van der Waals surface area contributed by atoms with Gasteiger partial charge in [-0.25, -0.2) is 0 Å². The zero-order valence-electron chi connectivity index (χ0n) is 19.3. The Balaban J connectivity index is 1.45. The van der Waals surface area contributed by atoms with Crippen molar-refractivity contribution >= 4 is 29.5 Å². The van der Waals surface area contributed by atoms with E-state index in [1.54, 1.807) is 48.5 Å². The molecule has 3 aromatic rings. The molecule has 0 atom stereocenters. The smallest absolute Gasteiger partial charge is 0.267 e. The van der Waals surface area contributed by atoms with Crippen LogP contribution in [0.4, 0.5) is 0 Å². The highest BCUT2D eigenvalue weighted by Gasteiger charge is 2.16. The number of amides is 2. The van der Waals surface area contributed by atoms with Gasteiger partial charge in [-0.3, -0.25) is 14.5 Å². The SMILES string of the molecule is O=C(NCCCN1CCOCC1)/C(=C/c1ccc(-c2cccc(Cl)c2)o1)NC(=O)c1ccccc1. The first-order chi connectivity index (χ1) is 17.1. The second-order valence-electron chi connectivity index (χ2n) is 8.15. The molecule has 182 valence electrons. The van der Waals surface area contributed by atoms with E-state index >= 15 is 0 Å². The van der Waals surface area contributed by atoms with E-state index in [1.807, 2.05) is 18.2 Å². The van der Waals surface area contributed by atoms with Gasteiger partial charge in [0.15, 0.2) is 0 Å². The van der Waals surface area contributed by atoms with Gasteiger partial charge >= 0.3 is 0 Å². The molecule has 4 rings (SSSR count). The average Bonchev–Trinajstić information content (AvgIpc) is 3.36. The molecule has 1 fully saturated rings. The van der Waals surface area contributed by atoms with Crippen molar-refractivity contribution in [1.82, 2.24) is 15.5 Å². The van der Waals surface area contributed by atoms with Gasteiger partial charge in [-0.05, 0) is 49.4 Å². The number of morpholine rings is 1. The zero-order valence-corrected chi connectivity index (χ0v) is 20.1. The van der Waals surface area contributed by atoms with Crippen LogP contribution in [-0.4, -0.2) is 56.1 Å². The lowest BCUT2D eigenvalue weighted by molar-refractivity contribution is -0.117. The molecule has 2 N–H and O–H groups in total. The topological polar surface area (TPSA) is 83.8 Å². The van der Waals surface area contributed by atoms with Crippen molar-refractivity contribution < 1.29 is 18.7 Å². The Morgan fingerprint density at radius 3 is 2.57 bits per heavy atom. The first-order valence-corrected chi connectivity index (χ1v) is 12.0. The molecule has 1 aromatic heterocycles. The maximum Gasteiger partial charge on any atom is 0.267 e. The third-order valence-corrected chi connectivity index (χ3v) is 5.83. The van der Waals surface area contributed by atoms with Crippen LogP contribution in [-0.2, 0) is 9.53 Å². The number of nitrogens with zero attached hydrogens (tertiary/aromatic N) is 1. The fraction of sp³-hybridized carbons (Fsp3) is 0.259. The van der Waals surface area contributed by atoms with Gasteiger partial charge in [-0.1, -0.05) is 41.9 Å². The van der Waals surface area contributed by atoms with Crippen LogP contribution in [0.15, 0.2) is 76.8 Å². The lowest BCUT2D eigenvalue weighted by Gasteiger charge is -2.26. The van der Waals surface area contributed by atoms with Crippen molar-refractivity contribution in [3.63, 3.8) is 0 Å². The van der Waals surface area contributed by atoms with E-state index in [0.29, 0.717) is 28.7 Å². The molecule has 2 amide bonds. The minimum absolute atomic E-state index is 0.109. The van der Waals surface area contributed by atoms with Crippen LogP contribution in [0.2, 0.25) is 5.02 Å². The lowest BCUT2D eigenvalue weighted by Crippen LogP contribution is -2.39. The summed E-state index contributed by atoms with van der Waals surface area (Å²) in [6.07, 6.45) is 2.33. The summed E-state index contributed by atoms with van der Waals surface area (Å²) in [7, 11) is 0. The maximum atomic E-state index is 13.0. The number of halogens is 1. The Morgan fingerprint density at radius 1 is 1.00 bits per heavy atom. The first kappa shape index (κ1) is 24.7. The Labute approximate surface area is 209 Å². The van der Waals surface area contributed by atoms with E-state index in [0.717, 1.165) is 44.8 Å². The number of furan rings is 1. The van der Waals surface area contributed by atoms with E-state index in [9.17, 15) is 9.59 Å². The van der Waals surface area contributed by atoms with Gasteiger partial charge in [-0.15, -0.1) is 0 Å². The quantitative estimate of drug-likeness (QED) is 0.344. The Bertz CT molecular complexity index is 1170. The number of carbonyl (C=O) groups is 2. The first-order valence-electron chi connectivity index (χ1n) is 11.6.